The van der Waals surface area contributed by atoms with Crippen LogP contribution in [0.4, 0.5) is 0 Å². The highest BCUT2D eigenvalue weighted by atomic mass is 32.1. The SMILES string of the molecule is Cc1nc2scc(C)n2c(=O)c1CCN1CCC(n2ccc3ccccc32)CC1. The van der Waals surface area contributed by atoms with E-state index in [0.717, 1.165) is 60.8 Å². The van der Waals surface area contributed by atoms with Crippen LogP contribution in [-0.2, 0) is 6.42 Å². The van der Waals surface area contributed by atoms with Gasteiger partial charge in [-0.1, -0.05) is 18.2 Å². The number of benzene rings is 1. The van der Waals surface area contributed by atoms with Gasteiger partial charge in [0.1, 0.15) is 0 Å². The molecule has 0 N–H and O–H groups in total. The summed E-state index contributed by atoms with van der Waals surface area (Å²) < 4.78 is 4.21. The lowest BCUT2D eigenvalue weighted by molar-refractivity contribution is 0.190. The first-order valence-corrected chi connectivity index (χ1v) is 11.2. The van der Waals surface area contributed by atoms with Gasteiger partial charge in [-0.3, -0.25) is 9.20 Å². The van der Waals surface area contributed by atoms with E-state index in [1.807, 2.05) is 19.2 Å². The zero-order valence-electron chi connectivity index (χ0n) is 17.0. The highest BCUT2D eigenvalue weighted by Gasteiger charge is 2.22. The van der Waals surface area contributed by atoms with Gasteiger partial charge in [-0.25, -0.2) is 4.98 Å². The highest BCUT2D eigenvalue weighted by molar-refractivity contribution is 7.15. The Bertz CT molecular complexity index is 1230. The lowest BCUT2D eigenvalue weighted by Crippen LogP contribution is -2.36. The van der Waals surface area contributed by atoms with Crippen molar-refractivity contribution < 1.29 is 0 Å². The van der Waals surface area contributed by atoms with Crippen molar-refractivity contribution in [1.29, 1.82) is 0 Å². The molecule has 1 fully saturated rings. The zero-order chi connectivity index (χ0) is 20.0. The predicted molar refractivity (Wildman–Crippen MR) is 119 cm³/mol. The minimum absolute atomic E-state index is 0.111. The third-order valence-electron chi connectivity index (χ3n) is 6.30. The van der Waals surface area contributed by atoms with Crippen molar-refractivity contribution in [2.45, 2.75) is 39.2 Å². The second kappa shape index (κ2) is 7.43. The van der Waals surface area contributed by atoms with Crippen LogP contribution < -0.4 is 5.56 Å². The topological polar surface area (TPSA) is 42.5 Å². The van der Waals surface area contributed by atoms with Crippen LogP contribution >= 0.6 is 11.3 Å². The van der Waals surface area contributed by atoms with Crippen molar-refractivity contribution in [3.63, 3.8) is 0 Å². The second-order valence-electron chi connectivity index (χ2n) is 8.08. The fraction of sp³-hybridized carbons (Fsp3) is 0.391. The molecule has 1 aliphatic rings. The molecule has 1 aliphatic heterocycles. The Morgan fingerprint density at radius 3 is 2.76 bits per heavy atom. The van der Waals surface area contributed by atoms with E-state index in [2.05, 4.69) is 51.0 Å². The molecule has 0 bridgehead atoms. The van der Waals surface area contributed by atoms with Gasteiger partial charge in [0.15, 0.2) is 4.96 Å². The molecule has 0 amide bonds. The van der Waals surface area contributed by atoms with Crippen molar-refractivity contribution in [2.24, 2.45) is 0 Å². The molecular weight excluding hydrogens is 380 g/mol. The molecule has 0 radical (unpaired) electrons. The Labute approximate surface area is 174 Å². The van der Waals surface area contributed by atoms with E-state index in [9.17, 15) is 4.79 Å². The Balaban J connectivity index is 1.26. The van der Waals surface area contributed by atoms with E-state index in [1.54, 1.807) is 4.40 Å². The van der Waals surface area contributed by atoms with Crippen molar-refractivity contribution >= 4 is 27.2 Å². The number of hydrogen-bond acceptors (Lipinski definition) is 4. The number of likely N-dealkylation sites (tertiary alicyclic amines) is 1. The molecule has 1 aromatic carbocycles. The fourth-order valence-corrected chi connectivity index (χ4v) is 5.52. The van der Waals surface area contributed by atoms with Crippen LogP contribution in [0.15, 0.2) is 46.7 Å². The number of aromatic nitrogens is 3. The average molecular weight is 407 g/mol. The summed E-state index contributed by atoms with van der Waals surface area (Å²) in [4.78, 5) is 20.9. The summed E-state index contributed by atoms with van der Waals surface area (Å²) in [5.74, 6) is 0. The Kier molecular flexibility index (Phi) is 4.76. The minimum Gasteiger partial charge on any atom is -0.344 e. The van der Waals surface area contributed by atoms with E-state index in [-0.39, 0.29) is 5.56 Å². The Morgan fingerprint density at radius 2 is 1.93 bits per heavy atom. The average Bonchev–Trinajstić information content (AvgIpc) is 3.32. The van der Waals surface area contributed by atoms with Gasteiger partial charge in [-0.15, -0.1) is 11.3 Å². The molecule has 0 aliphatic carbocycles. The Morgan fingerprint density at radius 1 is 1.14 bits per heavy atom. The summed E-state index contributed by atoms with van der Waals surface area (Å²) in [6, 6.07) is 11.4. The smallest absolute Gasteiger partial charge is 0.262 e. The normalized spacial score (nSPS) is 16.2. The van der Waals surface area contributed by atoms with Gasteiger partial charge in [0, 0.05) is 59.7 Å². The van der Waals surface area contributed by atoms with Crippen LogP contribution in [0.5, 0.6) is 0 Å². The number of aryl methyl sites for hydroxylation is 2. The van der Waals surface area contributed by atoms with Gasteiger partial charge in [-0.2, -0.15) is 0 Å². The van der Waals surface area contributed by atoms with E-state index < -0.39 is 0 Å². The maximum absolute atomic E-state index is 12.9. The van der Waals surface area contributed by atoms with Crippen LogP contribution in [-0.4, -0.2) is 38.5 Å². The van der Waals surface area contributed by atoms with Crippen LogP contribution in [0.2, 0.25) is 0 Å². The summed E-state index contributed by atoms with van der Waals surface area (Å²) in [6.45, 7) is 7.01. The highest BCUT2D eigenvalue weighted by Crippen LogP contribution is 2.27. The molecule has 150 valence electrons. The molecule has 4 heterocycles. The van der Waals surface area contributed by atoms with E-state index in [4.69, 9.17) is 0 Å². The summed E-state index contributed by atoms with van der Waals surface area (Å²) in [7, 11) is 0. The summed E-state index contributed by atoms with van der Waals surface area (Å²) in [6.07, 6.45) is 5.31. The van der Waals surface area contributed by atoms with Crippen LogP contribution in [0.25, 0.3) is 15.9 Å². The maximum Gasteiger partial charge on any atom is 0.262 e. The fourth-order valence-electron chi connectivity index (χ4n) is 4.62. The molecule has 6 heteroatoms. The lowest BCUT2D eigenvalue weighted by Gasteiger charge is -2.33. The number of piperidine rings is 1. The lowest BCUT2D eigenvalue weighted by atomic mass is 10.0. The van der Waals surface area contributed by atoms with Crippen LogP contribution in [0.1, 0.15) is 35.8 Å². The molecule has 5 nitrogen and oxygen atoms in total. The molecule has 29 heavy (non-hydrogen) atoms. The van der Waals surface area contributed by atoms with E-state index in [0.29, 0.717) is 6.04 Å². The van der Waals surface area contributed by atoms with Gasteiger partial charge in [0.2, 0.25) is 0 Å². The molecule has 4 aromatic rings. The molecule has 3 aromatic heterocycles. The van der Waals surface area contributed by atoms with Crippen molar-refractivity contribution in [1.82, 2.24) is 18.9 Å². The monoisotopic (exact) mass is 406 g/mol. The van der Waals surface area contributed by atoms with Crippen molar-refractivity contribution in [2.75, 3.05) is 19.6 Å². The van der Waals surface area contributed by atoms with Crippen LogP contribution in [0, 0.1) is 13.8 Å². The van der Waals surface area contributed by atoms with Gasteiger partial charge in [-0.05, 0) is 50.6 Å². The van der Waals surface area contributed by atoms with Gasteiger partial charge < -0.3 is 9.47 Å². The van der Waals surface area contributed by atoms with Crippen molar-refractivity contribution in [3.05, 3.63) is 69.2 Å². The number of hydrogen-bond donors (Lipinski definition) is 0. The third kappa shape index (κ3) is 3.30. The number of thiazole rings is 1. The molecule has 0 saturated carbocycles. The number of nitrogens with zero attached hydrogens (tertiary/aromatic N) is 4. The maximum atomic E-state index is 12.9. The van der Waals surface area contributed by atoms with Crippen LogP contribution in [0.3, 0.4) is 0 Å². The molecule has 0 atom stereocenters. The second-order valence-corrected chi connectivity index (χ2v) is 8.92. The number of para-hydroxylation sites is 1. The summed E-state index contributed by atoms with van der Waals surface area (Å²) in [5, 5.41) is 3.32. The summed E-state index contributed by atoms with van der Waals surface area (Å²) >= 11 is 1.54. The summed E-state index contributed by atoms with van der Waals surface area (Å²) in [5.41, 5.74) is 4.16. The predicted octanol–water partition coefficient (Wildman–Crippen LogP) is 4.21. The van der Waals surface area contributed by atoms with E-state index in [1.165, 1.54) is 22.2 Å². The third-order valence-corrected chi connectivity index (χ3v) is 7.24. The number of rotatable bonds is 4. The standard InChI is InChI=1S/C23H26N4OS/c1-16-15-29-23-24-17(2)20(22(28)27(16)23)10-13-25-11-8-19(9-12-25)26-14-7-18-5-3-4-6-21(18)26/h3-7,14-15,19H,8-13H2,1-2H3. The quantitative estimate of drug-likeness (QED) is 0.510. The van der Waals surface area contributed by atoms with Crippen molar-refractivity contribution in [3.8, 4) is 0 Å². The molecular formula is C23H26N4OS. The minimum atomic E-state index is 0.111. The zero-order valence-corrected chi connectivity index (χ0v) is 17.8. The first-order valence-electron chi connectivity index (χ1n) is 10.4. The largest absolute Gasteiger partial charge is 0.344 e. The van der Waals surface area contributed by atoms with Gasteiger partial charge in [0.25, 0.3) is 5.56 Å². The molecule has 0 spiro atoms. The Hall–Kier alpha value is -2.44. The van der Waals surface area contributed by atoms with Gasteiger partial charge in [0.05, 0.1) is 0 Å². The van der Waals surface area contributed by atoms with Gasteiger partial charge >= 0.3 is 0 Å². The molecule has 1 saturated heterocycles. The molecule has 5 rings (SSSR count). The van der Waals surface area contributed by atoms with E-state index >= 15 is 0 Å². The molecule has 0 unspecified atom stereocenters. The first kappa shape index (κ1) is 18.6. The first-order chi connectivity index (χ1) is 14.1. The number of fused-ring (bicyclic) bond motifs is 2.